The van der Waals surface area contributed by atoms with Gasteiger partial charge in [-0.1, -0.05) is 0 Å². The Bertz CT molecular complexity index is 840. The van der Waals surface area contributed by atoms with Crippen molar-refractivity contribution in [3.05, 3.63) is 65.7 Å². The number of imidazole rings is 1. The van der Waals surface area contributed by atoms with Gasteiger partial charge in [0.05, 0.1) is 23.9 Å². The van der Waals surface area contributed by atoms with Gasteiger partial charge < -0.3 is 10.3 Å². The van der Waals surface area contributed by atoms with Crippen LogP contribution in [0.4, 0.5) is 4.39 Å². The summed E-state index contributed by atoms with van der Waals surface area (Å²) in [6.45, 7) is -0.147. The Balaban J connectivity index is 1.66. The number of nitrogens with one attached hydrogen (secondary N) is 2. The van der Waals surface area contributed by atoms with Crippen molar-refractivity contribution in [2.45, 2.75) is 0 Å². The van der Waals surface area contributed by atoms with E-state index in [1.807, 2.05) is 0 Å². The summed E-state index contributed by atoms with van der Waals surface area (Å²) in [5, 5.41) is 2.55. The molecule has 0 bridgehead atoms. The van der Waals surface area contributed by atoms with Crippen LogP contribution in [-0.2, 0) is 0 Å². The maximum atomic E-state index is 12.8. The van der Waals surface area contributed by atoms with Crippen molar-refractivity contribution in [3.63, 3.8) is 0 Å². The molecule has 1 heterocycles. The van der Waals surface area contributed by atoms with E-state index in [2.05, 4.69) is 15.3 Å². The molecule has 3 aromatic rings. The second-order valence-corrected chi connectivity index (χ2v) is 4.75. The third kappa shape index (κ3) is 2.85. The van der Waals surface area contributed by atoms with Gasteiger partial charge in [-0.15, -0.1) is 0 Å². The van der Waals surface area contributed by atoms with E-state index in [9.17, 15) is 14.0 Å². The first-order chi connectivity index (χ1) is 10.6. The average molecular weight is 297 g/mol. The highest BCUT2D eigenvalue weighted by Crippen LogP contribution is 2.11. The average Bonchev–Trinajstić information content (AvgIpc) is 3.00. The number of nitrogens with zero attached hydrogens (tertiary/aromatic N) is 1. The molecule has 2 N–H and O–H groups in total. The molecule has 0 spiro atoms. The van der Waals surface area contributed by atoms with E-state index in [0.29, 0.717) is 11.1 Å². The highest BCUT2D eigenvalue weighted by Gasteiger charge is 2.11. The summed E-state index contributed by atoms with van der Waals surface area (Å²) in [6, 6.07) is 10.2. The monoisotopic (exact) mass is 297 g/mol. The number of hydrogen-bond donors (Lipinski definition) is 2. The van der Waals surface area contributed by atoms with Crippen molar-refractivity contribution >= 4 is 22.7 Å². The van der Waals surface area contributed by atoms with Crippen LogP contribution in [0.2, 0.25) is 0 Å². The first-order valence-corrected chi connectivity index (χ1v) is 6.63. The van der Waals surface area contributed by atoms with E-state index in [1.54, 1.807) is 24.5 Å². The van der Waals surface area contributed by atoms with Gasteiger partial charge in [0.15, 0.2) is 5.78 Å². The van der Waals surface area contributed by atoms with Gasteiger partial charge >= 0.3 is 0 Å². The quantitative estimate of drug-likeness (QED) is 0.726. The van der Waals surface area contributed by atoms with Crippen molar-refractivity contribution in [1.82, 2.24) is 15.3 Å². The largest absolute Gasteiger partial charge is 0.345 e. The van der Waals surface area contributed by atoms with Crippen LogP contribution in [0.5, 0.6) is 0 Å². The number of H-pyrrole nitrogens is 1. The minimum Gasteiger partial charge on any atom is -0.345 e. The van der Waals surface area contributed by atoms with Crippen LogP contribution in [0.1, 0.15) is 20.7 Å². The van der Waals surface area contributed by atoms with Crippen LogP contribution in [0, 0.1) is 5.82 Å². The normalized spacial score (nSPS) is 10.6. The van der Waals surface area contributed by atoms with Crippen LogP contribution >= 0.6 is 0 Å². The molecule has 5 nitrogen and oxygen atoms in total. The maximum Gasteiger partial charge on any atom is 0.251 e. The van der Waals surface area contributed by atoms with E-state index < -0.39 is 5.82 Å². The number of aromatic amines is 1. The summed E-state index contributed by atoms with van der Waals surface area (Å²) < 4.78 is 12.8. The molecule has 0 fully saturated rings. The molecule has 1 aromatic heterocycles. The standard InChI is InChI=1S/C16H12FN3O2/c17-12-4-1-10(2-5-12)15(21)8-18-16(22)11-3-6-13-14(7-11)20-9-19-13/h1-7,9H,8H2,(H,18,22)(H,19,20). The van der Waals surface area contributed by atoms with Crippen molar-refractivity contribution in [3.8, 4) is 0 Å². The van der Waals surface area contributed by atoms with Gasteiger partial charge in [0, 0.05) is 11.1 Å². The maximum absolute atomic E-state index is 12.8. The third-order valence-electron chi connectivity index (χ3n) is 3.26. The molecular formula is C16H12FN3O2. The summed E-state index contributed by atoms with van der Waals surface area (Å²) in [7, 11) is 0. The number of carbonyl (C=O) groups is 2. The summed E-state index contributed by atoms with van der Waals surface area (Å²) in [5.41, 5.74) is 2.30. The molecule has 3 rings (SSSR count). The Kier molecular flexibility index (Phi) is 3.65. The molecule has 1 amide bonds. The molecule has 22 heavy (non-hydrogen) atoms. The molecule has 0 aliphatic rings. The number of hydrogen-bond acceptors (Lipinski definition) is 3. The van der Waals surface area contributed by atoms with Gasteiger partial charge in [0.25, 0.3) is 5.91 Å². The molecule has 0 aliphatic heterocycles. The number of benzene rings is 2. The minimum absolute atomic E-state index is 0.147. The Morgan fingerprint density at radius 1 is 1.09 bits per heavy atom. The van der Waals surface area contributed by atoms with E-state index in [1.165, 1.54) is 24.3 Å². The molecule has 2 aromatic carbocycles. The van der Waals surface area contributed by atoms with Crippen LogP contribution in [-0.4, -0.2) is 28.2 Å². The Labute approximate surface area is 125 Å². The SMILES string of the molecule is O=C(CNC(=O)c1ccc2nc[nH]c2c1)c1ccc(F)cc1. The van der Waals surface area contributed by atoms with E-state index >= 15 is 0 Å². The number of aromatic nitrogens is 2. The van der Waals surface area contributed by atoms with Gasteiger partial charge in [0.2, 0.25) is 0 Å². The smallest absolute Gasteiger partial charge is 0.251 e. The first kappa shape index (κ1) is 13.9. The van der Waals surface area contributed by atoms with E-state index in [4.69, 9.17) is 0 Å². The summed E-state index contributed by atoms with van der Waals surface area (Å²) >= 11 is 0. The predicted molar refractivity (Wildman–Crippen MR) is 79.2 cm³/mol. The van der Waals surface area contributed by atoms with E-state index in [-0.39, 0.29) is 18.2 Å². The molecule has 0 aliphatic carbocycles. The highest BCUT2D eigenvalue weighted by molar-refractivity contribution is 6.03. The lowest BCUT2D eigenvalue weighted by Gasteiger charge is -2.05. The zero-order valence-corrected chi connectivity index (χ0v) is 11.5. The molecule has 0 saturated heterocycles. The van der Waals surface area contributed by atoms with Gasteiger partial charge in [-0.05, 0) is 42.5 Å². The summed E-state index contributed by atoms with van der Waals surface area (Å²) in [4.78, 5) is 30.9. The number of halogens is 1. The van der Waals surface area contributed by atoms with E-state index in [0.717, 1.165) is 11.0 Å². The lowest BCUT2D eigenvalue weighted by atomic mass is 10.1. The predicted octanol–water partition coefficient (Wildman–Crippen LogP) is 2.31. The zero-order valence-electron chi connectivity index (χ0n) is 11.5. The molecule has 0 atom stereocenters. The summed E-state index contributed by atoms with van der Waals surface area (Å²) in [5.74, 6) is -1.05. The van der Waals surface area contributed by atoms with Gasteiger partial charge in [-0.25, -0.2) is 9.37 Å². The van der Waals surface area contributed by atoms with Crippen molar-refractivity contribution in [2.24, 2.45) is 0 Å². The Morgan fingerprint density at radius 2 is 1.82 bits per heavy atom. The molecule has 110 valence electrons. The number of fused-ring (bicyclic) bond motifs is 1. The lowest BCUT2D eigenvalue weighted by molar-refractivity contribution is 0.0904. The number of Topliss-reactive ketones (excluding diaryl/α,β-unsaturated/α-hetero) is 1. The zero-order chi connectivity index (χ0) is 15.5. The highest BCUT2D eigenvalue weighted by atomic mass is 19.1. The topological polar surface area (TPSA) is 74.8 Å². The third-order valence-corrected chi connectivity index (χ3v) is 3.26. The van der Waals surface area contributed by atoms with Crippen LogP contribution in [0.3, 0.4) is 0 Å². The number of amides is 1. The molecule has 0 unspecified atom stereocenters. The second-order valence-electron chi connectivity index (χ2n) is 4.75. The van der Waals surface area contributed by atoms with Gasteiger partial charge in [-0.3, -0.25) is 9.59 Å². The minimum atomic E-state index is -0.409. The van der Waals surface area contributed by atoms with Gasteiger partial charge in [0.1, 0.15) is 5.82 Å². The van der Waals surface area contributed by atoms with Crippen LogP contribution in [0.15, 0.2) is 48.8 Å². The lowest BCUT2D eigenvalue weighted by Crippen LogP contribution is -2.29. The Hall–Kier alpha value is -3.02. The number of carbonyl (C=O) groups excluding carboxylic acids is 2. The van der Waals surface area contributed by atoms with Crippen molar-refractivity contribution in [2.75, 3.05) is 6.54 Å². The number of ketones is 1. The summed E-state index contributed by atoms with van der Waals surface area (Å²) in [6.07, 6.45) is 1.55. The molecule has 0 saturated carbocycles. The number of rotatable bonds is 4. The molecular weight excluding hydrogens is 285 g/mol. The van der Waals surface area contributed by atoms with Crippen molar-refractivity contribution in [1.29, 1.82) is 0 Å². The van der Waals surface area contributed by atoms with Crippen LogP contribution < -0.4 is 5.32 Å². The second kappa shape index (κ2) is 5.77. The first-order valence-electron chi connectivity index (χ1n) is 6.63. The van der Waals surface area contributed by atoms with Crippen molar-refractivity contribution < 1.29 is 14.0 Å². The van der Waals surface area contributed by atoms with Crippen LogP contribution in [0.25, 0.3) is 11.0 Å². The fraction of sp³-hybridized carbons (Fsp3) is 0.0625. The Morgan fingerprint density at radius 3 is 2.59 bits per heavy atom. The fourth-order valence-corrected chi connectivity index (χ4v) is 2.08. The fourth-order valence-electron chi connectivity index (χ4n) is 2.08. The molecule has 6 heteroatoms. The van der Waals surface area contributed by atoms with Gasteiger partial charge in [-0.2, -0.15) is 0 Å². The molecule has 0 radical (unpaired) electrons.